The van der Waals surface area contributed by atoms with Crippen molar-refractivity contribution in [3.63, 3.8) is 0 Å². The van der Waals surface area contributed by atoms with Crippen LogP contribution in [-0.2, 0) is 6.42 Å². The Morgan fingerprint density at radius 2 is 1.79 bits per heavy atom. The summed E-state index contributed by atoms with van der Waals surface area (Å²) in [4.78, 5) is 15.2. The van der Waals surface area contributed by atoms with Crippen LogP contribution < -0.4 is 5.32 Å². The van der Waals surface area contributed by atoms with Gasteiger partial charge in [0.1, 0.15) is 5.76 Å². The normalized spacial score (nSPS) is 12.7. The van der Waals surface area contributed by atoms with Crippen molar-refractivity contribution in [3.8, 4) is 0 Å². The van der Waals surface area contributed by atoms with Gasteiger partial charge in [0, 0.05) is 17.5 Å². The van der Waals surface area contributed by atoms with Crippen LogP contribution in [0.1, 0.15) is 82.6 Å². The zero-order chi connectivity index (χ0) is 18.5. The number of nitrogens with zero attached hydrogens (tertiary/aromatic N) is 2. The highest BCUT2D eigenvalue weighted by molar-refractivity contribution is 5.94. The number of aryl methyl sites for hydroxylation is 1. The van der Waals surface area contributed by atoms with E-state index in [0.717, 1.165) is 43.6 Å². The molecule has 5 nitrogen and oxygen atoms in total. The third-order valence-electron chi connectivity index (χ3n) is 5.61. The second-order valence-corrected chi connectivity index (χ2v) is 7.17. The number of hydrogen-bond acceptors (Lipinski definition) is 4. The SMILES string of the molecule is CCCN(C)C(CC)(CC)C(C)(C)NC(=O)c1noc(CC)c1C. The number of hydrogen-bond donors (Lipinski definition) is 1. The number of rotatable bonds is 9. The van der Waals surface area contributed by atoms with Gasteiger partial charge >= 0.3 is 0 Å². The summed E-state index contributed by atoms with van der Waals surface area (Å²) in [6.45, 7) is 15.7. The predicted molar refractivity (Wildman–Crippen MR) is 98.4 cm³/mol. The Kier molecular flexibility index (Phi) is 7.02. The molecule has 0 aliphatic heterocycles. The highest BCUT2D eigenvalue weighted by Crippen LogP contribution is 2.35. The molecule has 1 heterocycles. The summed E-state index contributed by atoms with van der Waals surface area (Å²) >= 11 is 0. The second kappa shape index (κ2) is 8.15. The number of aromatic nitrogens is 1. The van der Waals surface area contributed by atoms with E-state index in [2.05, 4.69) is 57.0 Å². The Bertz CT molecular complexity index is 545. The number of likely N-dealkylation sites (N-methyl/N-ethyl adjacent to an activating group) is 1. The highest BCUT2D eigenvalue weighted by atomic mass is 16.5. The minimum atomic E-state index is -0.394. The van der Waals surface area contributed by atoms with E-state index in [-0.39, 0.29) is 11.4 Å². The molecule has 0 spiro atoms. The van der Waals surface area contributed by atoms with Gasteiger partial charge in [-0.1, -0.05) is 32.9 Å². The fourth-order valence-corrected chi connectivity index (χ4v) is 4.07. The van der Waals surface area contributed by atoms with Crippen LogP contribution >= 0.6 is 0 Å². The van der Waals surface area contributed by atoms with E-state index in [4.69, 9.17) is 4.52 Å². The first-order valence-electron chi connectivity index (χ1n) is 9.19. The van der Waals surface area contributed by atoms with E-state index < -0.39 is 5.54 Å². The van der Waals surface area contributed by atoms with Crippen LogP contribution in [0, 0.1) is 6.92 Å². The van der Waals surface area contributed by atoms with E-state index in [9.17, 15) is 4.79 Å². The first-order chi connectivity index (χ1) is 11.2. The number of carbonyl (C=O) groups excluding carboxylic acids is 1. The topological polar surface area (TPSA) is 58.4 Å². The summed E-state index contributed by atoms with van der Waals surface area (Å²) in [7, 11) is 2.15. The van der Waals surface area contributed by atoms with Gasteiger partial charge in [0.2, 0.25) is 0 Å². The van der Waals surface area contributed by atoms with Gasteiger partial charge in [-0.15, -0.1) is 0 Å². The van der Waals surface area contributed by atoms with Crippen molar-refractivity contribution in [1.29, 1.82) is 0 Å². The first kappa shape index (κ1) is 20.7. The molecule has 5 heteroatoms. The molecule has 1 aromatic heterocycles. The maximum Gasteiger partial charge on any atom is 0.274 e. The predicted octanol–water partition coefficient (Wildman–Crippen LogP) is 3.95. The van der Waals surface area contributed by atoms with Crippen molar-refractivity contribution in [2.75, 3.05) is 13.6 Å². The van der Waals surface area contributed by atoms with Crippen molar-refractivity contribution >= 4 is 5.91 Å². The average Bonchev–Trinajstić information content (AvgIpc) is 2.89. The lowest BCUT2D eigenvalue weighted by Crippen LogP contribution is -2.67. The van der Waals surface area contributed by atoms with Crippen LogP contribution in [0.3, 0.4) is 0 Å². The largest absolute Gasteiger partial charge is 0.360 e. The van der Waals surface area contributed by atoms with Crippen molar-refractivity contribution in [1.82, 2.24) is 15.4 Å². The first-order valence-corrected chi connectivity index (χ1v) is 9.19. The van der Waals surface area contributed by atoms with E-state index in [1.807, 2.05) is 13.8 Å². The Balaban J connectivity index is 3.11. The van der Waals surface area contributed by atoms with E-state index in [1.54, 1.807) is 0 Å². The maximum absolute atomic E-state index is 12.8. The number of carbonyl (C=O) groups is 1. The molecule has 1 amide bonds. The molecule has 0 saturated carbocycles. The van der Waals surface area contributed by atoms with Crippen LogP contribution in [0.5, 0.6) is 0 Å². The standard InChI is InChI=1S/C19H35N3O2/c1-9-13-22(8)19(11-3,12-4)18(6,7)20-17(23)16-14(5)15(10-2)24-21-16/h9-13H2,1-8H3,(H,20,23). The molecule has 0 aliphatic rings. The molecule has 0 unspecified atom stereocenters. The maximum atomic E-state index is 12.8. The molecule has 1 rings (SSSR count). The summed E-state index contributed by atoms with van der Waals surface area (Å²) in [6.07, 6.45) is 3.75. The molecule has 0 fully saturated rings. The number of amides is 1. The third-order valence-corrected chi connectivity index (χ3v) is 5.61. The molecule has 0 bridgehead atoms. The van der Waals surface area contributed by atoms with E-state index >= 15 is 0 Å². The molecule has 1 N–H and O–H groups in total. The Morgan fingerprint density at radius 1 is 1.21 bits per heavy atom. The second-order valence-electron chi connectivity index (χ2n) is 7.17. The van der Waals surface area contributed by atoms with Crippen LogP contribution in [0.2, 0.25) is 0 Å². The smallest absolute Gasteiger partial charge is 0.274 e. The Morgan fingerprint density at radius 3 is 2.21 bits per heavy atom. The van der Waals surface area contributed by atoms with Crippen molar-refractivity contribution in [2.24, 2.45) is 0 Å². The summed E-state index contributed by atoms with van der Waals surface area (Å²) in [5.74, 6) is 0.621. The van der Waals surface area contributed by atoms with Crippen LogP contribution in [-0.4, -0.2) is 40.6 Å². The van der Waals surface area contributed by atoms with Gasteiger partial charge in [-0.05, 0) is 53.6 Å². The lowest BCUT2D eigenvalue weighted by Gasteiger charge is -2.52. The quantitative estimate of drug-likeness (QED) is 0.741. The summed E-state index contributed by atoms with van der Waals surface area (Å²) in [5.41, 5.74) is 0.740. The molecule has 138 valence electrons. The molecule has 0 saturated heterocycles. The minimum Gasteiger partial charge on any atom is -0.360 e. The molecular formula is C19H35N3O2. The zero-order valence-corrected chi connectivity index (χ0v) is 16.7. The van der Waals surface area contributed by atoms with Gasteiger partial charge in [0.15, 0.2) is 5.69 Å². The highest BCUT2D eigenvalue weighted by Gasteiger charge is 2.46. The van der Waals surface area contributed by atoms with Crippen LogP contribution in [0.4, 0.5) is 0 Å². The van der Waals surface area contributed by atoms with Crippen molar-refractivity contribution in [3.05, 3.63) is 17.0 Å². The van der Waals surface area contributed by atoms with E-state index in [0.29, 0.717) is 5.69 Å². The van der Waals surface area contributed by atoms with Crippen LogP contribution in [0.25, 0.3) is 0 Å². The van der Waals surface area contributed by atoms with Gasteiger partial charge in [0.25, 0.3) is 5.91 Å². The lowest BCUT2D eigenvalue weighted by atomic mass is 9.73. The molecule has 1 aromatic rings. The van der Waals surface area contributed by atoms with Crippen LogP contribution in [0.15, 0.2) is 4.52 Å². The number of nitrogens with one attached hydrogen (secondary N) is 1. The fourth-order valence-electron chi connectivity index (χ4n) is 4.07. The molecule has 0 aliphatic carbocycles. The van der Waals surface area contributed by atoms with Gasteiger partial charge < -0.3 is 9.84 Å². The van der Waals surface area contributed by atoms with Crippen molar-refractivity contribution < 1.29 is 9.32 Å². The molecule has 0 aromatic carbocycles. The fraction of sp³-hybridized carbons (Fsp3) is 0.789. The molecule has 24 heavy (non-hydrogen) atoms. The van der Waals surface area contributed by atoms with Gasteiger partial charge in [0.05, 0.1) is 5.54 Å². The average molecular weight is 338 g/mol. The Labute approximate surface area is 147 Å². The lowest BCUT2D eigenvalue weighted by molar-refractivity contribution is 0.0208. The van der Waals surface area contributed by atoms with Gasteiger partial charge in [-0.2, -0.15) is 0 Å². The summed E-state index contributed by atoms with van der Waals surface area (Å²) in [5, 5.41) is 7.21. The van der Waals surface area contributed by atoms with E-state index in [1.165, 1.54) is 0 Å². The molecule has 0 radical (unpaired) electrons. The minimum absolute atomic E-state index is 0.107. The Hall–Kier alpha value is -1.36. The summed E-state index contributed by atoms with van der Waals surface area (Å²) < 4.78 is 5.28. The molecule has 0 atom stereocenters. The van der Waals surface area contributed by atoms with Crippen molar-refractivity contribution in [2.45, 2.75) is 85.2 Å². The van der Waals surface area contributed by atoms with Gasteiger partial charge in [-0.25, -0.2) is 0 Å². The summed E-state index contributed by atoms with van der Waals surface area (Å²) in [6, 6.07) is 0. The molecular weight excluding hydrogens is 302 g/mol. The monoisotopic (exact) mass is 337 g/mol. The van der Waals surface area contributed by atoms with Gasteiger partial charge in [-0.3, -0.25) is 9.69 Å². The zero-order valence-electron chi connectivity index (χ0n) is 16.7. The third kappa shape index (κ3) is 3.66.